The SMILES string of the molecule is CCOc1cc(CNC(C)c2ccccc2Cl)ccc1OC(C)C(=O)N(C)C. The summed E-state index contributed by atoms with van der Waals surface area (Å²) in [4.78, 5) is 13.6. The minimum absolute atomic E-state index is 0.0956. The van der Waals surface area contributed by atoms with Crippen LogP contribution in [-0.4, -0.2) is 37.6 Å². The van der Waals surface area contributed by atoms with Crippen molar-refractivity contribution in [3.63, 3.8) is 0 Å². The van der Waals surface area contributed by atoms with Gasteiger partial charge in [-0.15, -0.1) is 0 Å². The van der Waals surface area contributed by atoms with E-state index in [0.29, 0.717) is 24.7 Å². The number of benzene rings is 2. The molecule has 152 valence electrons. The van der Waals surface area contributed by atoms with E-state index in [1.165, 1.54) is 4.90 Å². The van der Waals surface area contributed by atoms with Crippen molar-refractivity contribution < 1.29 is 14.3 Å². The predicted molar refractivity (Wildman–Crippen MR) is 113 cm³/mol. The Balaban J connectivity index is 2.09. The summed E-state index contributed by atoms with van der Waals surface area (Å²) >= 11 is 6.28. The summed E-state index contributed by atoms with van der Waals surface area (Å²) in [5.74, 6) is 1.10. The molecule has 0 aliphatic rings. The number of rotatable bonds is 9. The number of hydrogen-bond donors (Lipinski definition) is 1. The van der Waals surface area contributed by atoms with Crippen molar-refractivity contribution in [1.82, 2.24) is 10.2 Å². The van der Waals surface area contributed by atoms with Gasteiger partial charge in [0.05, 0.1) is 6.61 Å². The third-order valence-corrected chi connectivity index (χ3v) is 4.73. The third-order valence-electron chi connectivity index (χ3n) is 4.38. The molecular formula is C22H29ClN2O3. The molecule has 2 aromatic rings. The molecule has 0 aliphatic heterocycles. The Morgan fingerprint density at radius 1 is 1.14 bits per heavy atom. The predicted octanol–water partition coefficient (Wildman–Crippen LogP) is 4.45. The highest BCUT2D eigenvalue weighted by atomic mass is 35.5. The van der Waals surface area contributed by atoms with Gasteiger partial charge in [0.15, 0.2) is 17.6 Å². The van der Waals surface area contributed by atoms with E-state index in [2.05, 4.69) is 12.2 Å². The first-order valence-electron chi connectivity index (χ1n) is 9.44. The zero-order chi connectivity index (χ0) is 20.7. The number of ether oxygens (including phenoxy) is 2. The van der Waals surface area contributed by atoms with Crippen LogP contribution in [0.1, 0.15) is 37.9 Å². The summed E-state index contributed by atoms with van der Waals surface area (Å²) in [5.41, 5.74) is 2.12. The first-order chi connectivity index (χ1) is 13.3. The molecule has 28 heavy (non-hydrogen) atoms. The molecule has 0 aromatic heterocycles. The lowest BCUT2D eigenvalue weighted by Crippen LogP contribution is -2.35. The smallest absolute Gasteiger partial charge is 0.262 e. The van der Waals surface area contributed by atoms with E-state index in [4.69, 9.17) is 21.1 Å². The van der Waals surface area contributed by atoms with E-state index in [1.807, 2.05) is 49.4 Å². The normalized spacial score (nSPS) is 12.9. The number of amides is 1. The van der Waals surface area contributed by atoms with E-state index in [9.17, 15) is 4.79 Å². The van der Waals surface area contributed by atoms with E-state index in [1.54, 1.807) is 21.0 Å². The van der Waals surface area contributed by atoms with Crippen LogP contribution in [0.4, 0.5) is 0 Å². The monoisotopic (exact) mass is 404 g/mol. The maximum atomic E-state index is 12.1. The van der Waals surface area contributed by atoms with Crippen molar-refractivity contribution in [3.8, 4) is 11.5 Å². The molecule has 6 heteroatoms. The van der Waals surface area contributed by atoms with Crippen molar-refractivity contribution in [2.24, 2.45) is 0 Å². The Labute approximate surface area is 172 Å². The van der Waals surface area contributed by atoms with Gasteiger partial charge < -0.3 is 19.7 Å². The maximum absolute atomic E-state index is 12.1. The molecule has 5 nitrogen and oxygen atoms in total. The van der Waals surface area contributed by atoms with Gasteiger partial charge >= 0.3 is 0 Å². The number of nitrogens with one attached hydrogen (secondary N) is 1. The number of halogens is 1. The summed E-state index contributed by atoms with van der Waals surface area (Å²) in [6.07, 6.45) is -0.585. The van der Waals surface area contributed by atoms with E-state index in [-0.39, 0.29) is 11.9 Å². The Hall–Kier alpha value is -2.24. The molecule has 0 bridgehead atoms. The van der Waals surface area contributed by atoms with Gasteiger partial charge in [0.2, 0.25) is 0 Å². The highest BCUT2D eigenvalue weighted by molar-refractivity contribution is 6.31. The quantitative estimate of drug-likeness (QED) is 0.671. The lowest BCUT2D eigenvalue weighted by molar-refractivity contribution is -0.135. The Morgan fingerprint density at radius 3 is 2.50 bits per heavy atom. The van der Waals surface area contributed by atoms with Gasteiger partial charge in [-0.05, 0) is 50.1 Å². The molecule has 1 amide bonds. The molecule has 0 heterocycles. The minimum Gasteiger partial charge on any atom is -0.490 e. The molecule has 2 rings (SSSR count). The minimum atomic E-state index is -0.585. The van der Waals surface area contributed by atoms with Crippen LogP contribution in [0.5, 0.6) is 11.5 Å². The Bertz CT molecular complexity index is 795. The van der Waals surface area contributed by atoms with Crippen molar-refractivity contribution in [2.75, 3.05) is 20.7 Å². The highest BCUT2D eigenvalue weighted by Gasteiger charge is 2.19. The van der Waals surface area contributed by atoms with Gasteiger partial charge in [0.25, 0.3) is 5.91 Å². The van der Waals surface area contributed by atoms with Crippen LogP contribution in [0.15, 0.2) is 42.5 Å². The van der Waals surface area contributed by atoms with E-state index >= 15 is 0 Å². The Kier molecular flexibility index (Phi) is 8.15. The second kappa shape index (κ2) is 10.3. The molecule has 0 saturated heterocycles. The highest BCUT2D eigenvalue weighted by Crippen LogP contribution is 2.30. The molecule has 0 aliphatic carbocycles. The lowest BCUT2D eigenvalue weighted by Gasteiger charge is -2.21. The fraction of sp³-hybridized carbons (Fsp3) is 0.409. The van der Waals surface area contributed by atoms with Gasteiger partial charge in [-0.1, -0.05) is 35.9 Å². The molecule has 0 spiro atoms. The first-order valence-corrected chi connectivity index (χ1v) is 9.82. The average Bonchev–Trinajstić information content (AvgIpc) is 2.67. The zero-order valence-electron chi connectivity index (χ0n) is 17.2. The van der Waals surface area contributed by atoms with Gasteiger partial charge in [-0.2, -0.15) is 0 Å². The molecule has 2 unspecified atom stereocenters. The second-order valence-electron chi connectivity index (χ2n) is 6.83. The number of hydrogen-bond acceptors (Lipinski definition) is 4. The average molecular weight is 405 g/mol. The van der Waals surface area contributed by atoms with Crippen LogP contribution in [0, 0.1) is 0 Å². The van der Waals surface area contributed by atoms with Crippen molar-refractivity contribution >= 4 is 17.5 Å². The summed E-state index contributed by atoms with van der Waals surface area (Å²) < 4.78 is 11.6. The van der Waals surface area contributed by atoms with Crippen LogP contribution in [0.3, 0.4) is 0 Å². The standard InChI is InChI=1S/C22H29ClN2O3/c1-6-27-21-13-17(11-12-20(21)28-16(3)22(26)25(4)5)14-24-15(2)18-9-7-8-10-19(18)23/h7-13,15-16,24H,6,14H2,1-5H3. The largest absolute Gasteiger partial charge is 0.490 e. The van der Waals surface area contributed by atoms with E-state index in [0.717, 1.165) is 16.1 Å². The van der Waals surface area contributed by atoms with Crippen LogP contribution >= 0.6 is 11.6 Å². The van der Waals surface area contributed by atoms with Gasteiger partial charge in [0.1, 0.15) is 0 Å². The Morgan fingerprint density at radius 2 is 1.86 bits per heavy atom. The number of carbonyl (C=O) groups excluding carboxylic acids is 1. The maximum Gasteiger partial charge on any atom is 0.262 e. The lowest BCUT2D eigenvalue weighted by atomic mass is 10.1. The molecular weight excluding hydrogens is 376 g/mol. The van der Waals surface area contributed by atoms with Crippen LogP contribution in [-0.2, 0) is 11.3 Å². The molecule has 0 saturated carbocycles. The van der Waals surface area contributed by atoms with Crippen LogP contribution in [0.2, 0.25) is 5.02 Å². The van der Waals surface area contributed by atoms with Crippen molar-refractivity contribution in [3.05, 3.63) is 58.6 Å². The summed E-state index contributed by atoms with van der Waals surface area (Å²) in [5, 5.41) is 4.23. The zero-order valence-corrected chi connectivity index (χ0v) is 17.9. The van der Waals surface area contributed by atoms with Crippen LogP contribution in [0.25, 0.3) is 0 Å². The molecule has 0 fully saturated rings. The van der Waals surface area contributed by atoms with Gasteiger partial charge in [-0.3, -0.25) is 4.79 Å². The number of likely N-dealkylation sites (N-methyl/N-ethyl adjacent to an activating group) is 1. The number of carbonyl (C=O) groups is 1. The van der Waals surface area contributed by atoms with Crippen LogP contribution < -0.4 is 14.8 Å². The fourth-order valence-electron chi connectivity index (χ4n) is 2.84. The second-order valence-corrected chi connectivity index (χ2v) is 7.24. The fourth-order valence-corrected chi connectivity index (χ4v) is 3.14. The topological polar surface area (TPSA) is 50.8 Å². The molecule has 0 radical (unpaired) electrons. The van der Waals surface area contributed by atoms with Gasteiger partial charge in [-0.25, -0.2) is 0 Å². The molecule has 2 atom stereocenters. The first kappa shape index (κ1) is 22.1. The van der Waals surface area contributed by atoms with E-state index < -0.39 is 6.10 Å². The van der Waals surface area contributed by atoms with Crippen molar-refractivity contribution in [1.29, 1.82) is 0 Å². The molecule has 2 aromatic carbocycles. The summed E-state index contributed by atoms with van der Waals surface area (Å²) in [6.45, 7) is 6.90. The third kappa shape index (κ3) is 5.88. The summed E-state index contributed by atoms with van der Waals surface area (Å²) in [6, 6.07) is 13.7. The summed E-state index contributed by atoms with van der Waals surface area (Å²) in [7, 11) is 3.42. The van der Waals surface area contributed by atoms with Crippen molar-refractivity contribution in [2.45, 2.75) is 39.5 Å². The van der Waals surface area contributed by atoms with Gasteiger partial charge in [0, 0.05) is 31.7 Å². The number of nitrogens with zero attached hydrogens (tertiary/aromatic N) is 1. The molecule has 1 N–H and O–H groups in total.